The summed E-state index contributed by atoms with van der Waals surface area (Å²) >= 11 is 0. The molecule has 0 saturated carbocycles. The lowest BCUT2D eigenvalue weighted by Crippen LogP contribution is -2.32. The predicted molar refractivity (Wildman–Crippen MR) is 64.1 cm³/mol. The first-order chi connectivity index (χ1) is 7.49. The zero-order valence-electron chi connectivity index (χ0n) is 10.0. The Balaban J connectivity index is 2.49. The van der Waals surface area contributed by atoms with Gasteiger partial charge in [-0.1, -0.05) is 12.2 Å². The molecule has 0 aromatic carbocycles. The summed E-state index contributed by atoms with van der Waals surface area (Å²) in [6, 6.07) is 0. The number of nitrogens with zero attached hydrogens (tertiary/aromatic N) is 2. The van der Waals surface area contributed by atoms with Crippen molar-refractivity contribution in [2.24, 2.45) is 10.7 Å². The molecule has 0 aliphatic rings. The number of nitrogens with one attached hydrogen (secondary N) is 1. The molecule has 0 saturated heterocycles. The molecule has 0 radical (unpaired) electrons. The van der Waals surface area contributed by atoms with Gasteiger partial charge in [-0.25, -0.2) is 9.98 Å². The van der Waals surface area contributed by atoms with E-state index >= 15 is 0 Å². The topological polar surface area (TPSA) is 76.4 Å². The third-order valence-corrected chi connectivity index (χ3v) is 2.03. The van der Waals surface area contributed by atoms with Crippen molar-refractivity contribution in [3.05, 3.63) is 29.5 Å². The van der Waals surface area contributed by atoms with E-state index < -0.39 is 0 Å². The first-order valence-electron chi connectivity index (χ1n) is 5.10. The molecule has 0 fully saturated rings. The number of rotatable bonds is 4. The first kappa shape index (κ1) is 12.3. The molecule has 16 heavy (non-hydrogen) atoms. The van der Waals surface area contributed by atoms with Gasteiger partial charge in [-0.15, -0.1) is 0 Å². The quantitative estimate of drug-likeness (QED) is 0.457. The van der Waals surface area contributed by atoms with Crippen molar-refractivity contribution in [1.82, 2.24) is 10.3 Å². The van der Waals surface area contributed by atoms with Crippen LogP contribution in [0, 0.1) is 13.8 Å². The van der Waals surface area contributed by atoms with Crippen LogP contribution >= 0.6 is 0 Å². The SMILES string of the molecule is C=C(C)CNC(N)=NCc1nc(C)c(C)o1. The summed E-state index contributed by atoms with van der Waals surface area (Å²) in [5.74, 6) is 1.77. The molecule has 0 unspecified atom stereocenters. The lowest BCUT2D eigenvalue weighted by Gasteiger charge is -2.03. The second-order valence-electron chi connectivity index (χ2n) is 3.76. The van der Waals surface area contributed by atoms with Gasteiger partial charge in [0.25, 0.3) is 0 Å². The van der Waals surface area contributed by atoms with Crippen molar-refractivity contribution in [1.29, 1.82) is 0 Å². The van der Waals surface area contributed by atoms with Crippen molar-refractivity contribution in [2.75, 3.05) is 6.54 Å². The maximum atomic E-state index is 5.64. The highest BCUT2D eigenvalue weighted by Gasteiger charge is 2.04. The van der Waals surface area contributed by atoms with E-state index in [1.807, 2.05) is 20.8 Å². The molecular weight excluding hydrogens is 204 g/mol. The summed E-state index contributed by atoms with van der Waals surface area (Å²) < 4.78 is 5.37. The van der Waals surface area contributed by atoms with Gasteiger partial charge < -0.3 is 15.5 Å². The molecule has 1 aromatic heterocycles. The second-order valence-corrected chi connectivity index (χ2v) is 3.76. The van der Waals surface area contributed by atoms with Crippen LogP contribution in [0.4, 0.5) is 0 Å². The fraction of sp³-hybridized carbons (Fsp3) is 0.455. The van der Waals surface area contributed by atoms with Gasteiger partial charge in [-0.2, -0.15) is 0 Å². The maximum Gasteiger partial charge on any atom is 0.216 e. The molecule has 1 heterocycles. The van der Waals surface area contributed by atoms with Crippen LogP contribution < -0.4 is 11.1 Å². The van der Waals surface area contributed by atoms with Crippen molar-refractivity contribution >= 4 is 5.96 Å². The van der Waals surface area contributed by atoms with Crippen LogP contribution in [0.2, 0.25) is 0 Å². The molecule has 1 aromatic rings. The van der Waals surface area contributed by atoms with Gasteiger partial charge >= 0.3 is 0 Å². The number of guanidine groups is 1. The highest BCUT2D eigenvalue weighted by atomic mass is 16.4. The van der Waals surface area contributed by atoms with Crippen LogP contribution in [0.25, 0.3) is 0 Å². The number of aromatic nitrogens is 1. The Hall–Kier alpha value is -1.78. The molecule has 0 atom stereocenters. The first-order valence-corrected chi connectivity index (χ1v) is 5.10. The number of hydrogen-bond acceptors (Lipinski definition) is 3. The van der Waals surface area contributed by atoms with Gasteiger partial charge in [0.15, 0.2) is 5.96 Å². The molecule has 0 amide bonds. The fourth-order valence-corrected chi connectivity index (χ4v) is 1.06. The van der Waals surface area contributed by atoms with E-state index in [0.29, 0.717) is 24.9 Å². The fourth-order valence-electron chi connectivity index (χ4n) is 1.06. The summed E-state index contributed by atoms with van der Waals surface area (Å²) in [4.78, 5) is 8.31. The van der Waals surface area contributed by atoms with Crippen LogP contribution in [-0.2, 0) is 6.54 Å². The Labute approximate surface area is 95.5 Å². The van der Waals surface area contributed by atoms with E-state index in [0.717, 1.165) is 17.0 Å². The van der Waals surface area contributed by atoms with Crippen LogP contribution in [0.3, 0.4) is 0 Å². The summed E-state index contributed by atoms with van der Waals surface area (Å²) in [5, 5.41) is 2.93. The molecule has 1 rings (SSSR count). The monoisotopic (exact) mass is 222 g/mol. The van der Waals surface area contributed by atoms with Gasteiger partial charge in [0, 0.05) is 6.54 Å². The summed E-state index contributed by atoms with van der Waals surface area (Å²) in [5.41, 5.74) is 7.53. The predicted octanol–water partition coefficient (Wildman–Crippen LogP) is 1.27. The van der Waals surface area contributed by atoms with Gasteiger partial charge in [-0.3, -0.25) is 0 Å². The minimum absolute atomic E-state index is 0.351. The summed E-state index contributed by atoms with van der Waals surface area (Å²) in [7, 11) is 0. The smallest absolute Gasteiger partial charge is 0.216 e. The Morgan fingerprint density at radius 1 is 1.56 bits per heavy atom. The van der Waals surface area contributed by atoms with Crippen LogP contribution in [0.15, 0.2) is 21.6 Å². The molecule has 0 spiro atoms. The third-order valence-electron chi connectivity index (χ3n) is 2.03. The molecule has 0 bridgehead atoms. The summed E-state index contributed by atoms with van der Waals surface area (Å²) in [6.07, 6.45) is 0. The molecule has 3 N–H and O–H groups in total. The van der Waals surface area contributed by atoms with E-state index in [1.165, 1.54) is 0 Å². The van der Waals surface area contributed by atoms with E-state index in [-0.39, 0.29) is 0 Å². The number of oxazole rings is 1. The van der Waals surface area contributed by atoms with E-state index in [2.05, 4.69) is 21.9 Å². The number of nitrogens with two attached hydrogens (primary N) is 1. The number of aryl methyl sites for hydroxylation is 2. The van der Waals surface area contributed by atoms with Gasteiger partial charge in [-0.05, 0) is 20.8 Å². The Kier molecular flexibility index (Phi) is 4.10. The van der Waals surface area contributed by atoms with Crippen molar-refractivity contribution < 1.29 is 4.42 Å². The van der Waals surface area contributed by atoms with Gasteiger partial charge in [0.05, 0.1) is 5.69 Å². The van der Waals surface area contributed by atoms with Crippen molar-refractivity contribution in [2.45, 2.75) is 27.3 Å². The van der Waals surface area contributed by atoms with Crippen molar-refractivity contribution in [3.8, 4) is 0 Å². The molecule has 88 valence electrons. The lowest BCUT2D eigenvalue weighted by atomic mass is 10.3. The Bertz CT molecular complexity index is 387. The standard InChI is InChI=1S/C11H18N4O/c1-7(2)5-13-11(12)14-6-10-15-8(3)9(4)16-10/h1,5-6H2,2-4H3,(H3,12,13,14). The second kappa shape index (κ2) is 5.34. The molecule has 5 nitrogen and oxygen atoms in total. The largest absolute Gasteiger partial charge is 0.444 e. The molecule has 5 heteroatoms. The minimum atomic E-state index is 0.351. The molecular formula is C11H18N4O. The minimum Gasteiger partial charge on any atom is -0.444 e. The van der Waals surface area contributed by atoms with E-state index in [1.54, 1.807) is 0 Å². The number of aliphatic imine (C=N–C) groups is 1. The van der Waals surface area contributed by atoms with Crippen molar-refractivity contribution in [3.63, 3.8) is 0 Å². The zero-order chi connectivity index (χ0) is 12.1. The van der Waals surface area contributed by atoms with Gasteiger partial charge in [0.2, 0.25) is 5.89 Å². The third kappa shape index (κ3) is 3.76. The zero-order valence-corrected chi connectivity index (χ0v) is 10.0. The van der Waals surface area contributed by atoms with Gasteiger partial charge in [0.1, 0.15) is 12.3 Å². The van der Waals surface area contributed by atoms with Crippen LogP contribution in [0.1, 0.15) is 24.3 Å². The maximum absolute atomic E-state index is 5.64. The lowest BCUT2D eigenvalue weighted by molar-refractivity contribution is 0.473. The van der Waals surface area contributed by atoms with Crippen LogP contribution in [-0.4, -0.2) is 17.5 Å². The molecule has 0 aliphatic heterocycles. The number of hydrogen-bond donors (Lipinski definition) is 2. The Morgan fingerprint density at radius 2 is 2.25 bits per heavy atom. The highest BCUT2D eigenvalue weighted by Crippen LogP contribution is 2.08. The Morgan fingerprint density at radius 3 is 2.75 bits per heavy atom. The van der Waals surface area contributed by atoms with E-state index in [9.17, 15) is 0 Å². The molecule has 0 aliphatic carbocycles. The average Bonchev–Trinajstić information content (AvgIpc) is 2.52. The average molecular weight is 222 g/mol. The van der Waals surface area contributed by atoms with E-state index in [4.69, 9.17) is 10.2 Å². The van der Waals surface area contributed by atoms with Crippen LogP contribution in [0.5, 0.6) is 0 Å². The highest BCUT2D eigenvalue weighted by molar-refractivity contribution is 5.77. The normalized spacial score (nSPS) is 11.6. The summed E-state index contributed by atoms with van der Waals surface area (Å²) in [6.45, 7) is 10.4.